The van der Waals surface area contributed by atoms with Crippen LogP contribution in [0.3, 0.4) is 0 Å². The van der Waals surface area contributed by atoms with E-state index in [1.54, 1.807) is 0 Å². The first kappa shape index (κ1) is 40.3. The molecule has 0 aliphatic rings. The third-order valence-electron chi connectivity index (χ3n) is 9.10. The average molecular weight is 854 g/mol. The SMILES string of the molecule is CC(C)Cc1cc2cncc(-c3ccnc(-c4[c-]c5ccccc5c(C(C)(C)C)c4)c3)c2s1.CCC(CC)C(=O)/C=C(\O)C(CC)CC.[Ir]. The maximum Gasteiger partial charge on any atom is 0.162 e. The van der Waals surface area contributed by atoms with Crippen LogP contribution in [0.15, 0.2) is 79.0 Å². The van der Waals surface area contributed by atoms with Gasteiger partial charge < -0.3 is 5.11 Å². The van der Waals surface area contributed by atoms with Crippen LogP contribution in [0.4, 0.5) is 0 Å². The van der Waals surface area contributed by atoms with E-state index in [2.05, 4.69) is 94.2 Å². The number of hydrogen-bond donors (Lipinski definition) is 1. The van der Waals surface area contributed by atoms with Crippen molar-refractivity contribution in [3.05, 3.63) is 95.5 Å². The number of carbonyl (C=O) groups excluding carboxylic acids is 1. The first-order chi connectivity index (χ1) is 22.9. The molecule has 6 heteroatoms. The van der Waals surface area contributed by atoms with Crippen LogP contribution in [-0.2, 0) is 36.7 Å². The smallest absolute Gasteiger partial charge is 0.162 e. The van der Waals surface area contributed by atoms with Crippen LogP contribution in [0.1, 0.15) is 98.4 Å². The molecule has 0 amide bonds. The second-order valence-electron chi connectivity index (χ2n) is 14.2. The fraction of sp³-hybridized carbons (Fsp3) is 0.419. The van der Waals surface area contributed by atoms with Crippen molar-refractivity contribution in [1.29, 1.82) is 0 Å². The van der Waals surface area contributed by atoms with Crippen molar-refractivity contribution in [3.8, 4) is 22.4 Å². The van der Waals surface area contributed by atoms with Crippen molar-refractivity contribution in [2.45, 2.75) is 99.8 Å². The van der Waals surface area contributed by atoms with E-state index in [0.29, 0.717) is 5.92 Å². The zero-order valence-electron chi connectivity index (χ0n) is 30.7. The molecule has 2 aromatic carbocycles. The number of aliphatic hydroxyl groups is 1. The number of fused-ring (bicyclic) bond motifs is 2. The summed E-state index contributed by atoms with van der Waals surface area (Å²) in [6, 6.07) is 21.0. The number of carbonyl (C=O) groups is 1. The molecule has 0 saturated carbocycles. The third-order valence-corrected chi connectivity index (χ3v) is 10.3. The summed E-state index contributed by atoms with van der Waals surface area (Å²) in [5.74, 6) is 1.19. The summed E-state index contributed by atoms with van der Waals surface area (Å²) in [5, 5.41) is 13.4. The molecule has 0 unspecified atom stereocenters. The zero-order valence-corrected chi connectivity index (χ0v) is 33.9. The number of hydrogen-bond acceptors (Lipinski definition) is 5. The number of allylic oxidation sites excluding steroid dienone is 2. The standard InChI is InChI=1S/C30H29N2S.C13H24O2.Ir/c1-19(2)12-24-14-23-17-31-18-26(29(23)33-24)21-10-11-32-28(16-21)22-13-20-8-6-7-9-25(20)27(15-22)30(3,4)5;1-5-10(6-2)12(14)9-13(15)11(7-3)8-4;/h6-11,14-19H,12H2,1-5H3;9-11,14H,5-8H2,1-4H3;/q-1;;/b;12-9-;. The van der Waals surface area contributed by atoms with E-state index in [4.69, 9.17) is 4.98 Å². The number of aromatic nitrogens is 2. The van der Waals surface area contributed by atoms with E-state index in [0.717, 1.165) is 54.3 Å². The minimum atomic E-state index is 0. The van der Waals surface area contributed by atoms with Gasteiger partial charge in [0.25, 0.3) is 0 Å². The van der Waals surface area contributed by atoms with E-state index < -0.39 is 0 Å². The maximum absolute atomic E-state index is 11.7. The van der Waals surface area contributed by atoms with Gasteiger partial charge in [-0.05, 0) is 61.1 Å². The van der Waals surface area contributed by atoms with Crippen LogP contribution in [0, 0.1) is 23.8 Å². The van der Waals surface area contributed by atoms with E-state index >= 15 is 0 Å². The topological polar surface area (TPSA) is 63.1 Å². The molecule has 49 heavy (non-hydrogen) atoms. The van der Waals surface area contributed by atoms with Crippen LogP contribution >= 0.6 is 11.3 Å². The van der Waals surface area contributed by atoms with Crippen LogP contribution < -0.4 is 0 Å². The van der Waals surface area contributed by atoms with Gasteiger partial charge in [-0.2, -0.15) is 0 Å². The molecule has 5 aromatic rings. The van der Waals surface area contributed by atoms with Gasteiger partial charge in [0, 0.05) is 82.8 Å². The van der Waals surface area contributed by atoms with Gasteiger partial charge in [0.05, 0.1) is 5.76 Å². The molecule has 263 valence electrons. The molecule has 0 atom stereocenters. The van der Waals surface area contributed by atoms with Crippen LogP contribution in [0.2, 0.25) is 0 Å². The Bertz CT molecular complexity index is 1860. The minimum Gasteiger partial charge on any atom is -0.512 e. The van der Waals surface area contributed by atoms with E-state index in [1.807, 2.05) is 57.6 Å². The van der Waals surface area contributed by atoms with Crippen LogP contribution in [0.25, 0.3) is 43.2 Å². The monoisotopic (exact) mass is 854 g/mol. The van der Waals surface area contributed by atoms with Gasteiger partial charge >= 0.3 is 0 Å². The molecule has 3 heterocycles. The summed E-state index contributed by atoms with van der Waals surface area (Å²) in [5.41, 5.74) is 5.65. The van der Waals surface area contributed by atoms with Crippen molar-refractivity contribution in [2.75, 3.05) is 0 Å². The Labute approximate surface area is 311 Å². The Kier molecular flexibility index (Phi) is 14.9. The Hall–Kier alpha value is -3.18. The number of aliphatic hydroxyl groups excluding tert-OH is 1. The molecule has 1 N–H and O–H groups in total. The number of benzene rings is 2. The predicted octanol–water partition coefficient (Wildman–Crippen LogP) is 12.3. The van der Waals surface area contributed by atoms with Crippen LogP contribution in [0.5, 0.6) is 0 Å². The Morgan fingerprint density at radius 1 is 0.939 bits per heavy atom. The second-order valence-corrected chi connectivity index (χ2v) is 15.4. The van der Waals surface area contributed by atoms with Gasteiger partial charge in [-0.25, -0.2) is 0 Å². The van der Waals surface area contributed by atoms with Gasteiger partial charge in [-0.3, -0.25) is 14.8 Å². The molecule has 0 saturated heterocycles. The Morgan fingerprint density at radius 2 is 1.61 bits per heavy atom. The molecule has 0 aliphatic heterocycles. The van der Waals surface area contributed by atoms with Crippen molar-refractivity contribution in [2.24, 2.45) is 17.8 Å². The van der Waals surface area contributed by atoms with E-state index in [1.165, 1.54) is 37.6 Å². The summed E-state index contributed by atoms with van der Waals surface area (Å²) in [6.07, 6.45) is 11.9. The fourth-order valence-corrected chi connectivity index (χ4v) is 7.61. The summed E-state index contributed by atoms with van der Waals surface area (Å²) < 4.78 is 1.30. The number of rotatable bonds is 11. The number of ketones is 1. The van der Waals surface area contributed by atoms with Gasteiger partial charge in [-0.1, -0.05) is 97.5 Å². The van der Waals surface area contributed by atoms with Crippen molar-refractivity contribution < 1.29 is 30.0 Å². The summed E-state index contributed by atoms with van der Waals surface area (Å²) in [6.45, 7) is 19.4. The molecule has 3 aromatic heterocycles. The summed E-state index contributed by atoms with van der Waals surface area (Å²) in [4.78, 5) is 22.4. The first-order valence-corrected chi connectivity index (χ1v) is 18.4. The maximum atomic E-state index is 11.7. The molecule has 4 nitrogen and oxygen atoms in total. The van der Waals surface area contributed by atoms with Crippen molar-refractivity contribution >= 4 is 38.0 Å². The third kappa shape index (κ3) is 10.2. The molecule has 0 spiro atoms. The van der Waals surface area contributed by atoms with Crippen LogP contribution in [-0.4, -0.2) is 20.9 Å². The fourth-order valence-electron chi connectivity index (χ4n) is 6.24. The molecule has 0 fully saturated rings. The summed E-state index contributed by atoms with van der Waals surface area (Å²) >= 11 is 1.89. The van der Waals surface area contributed by atoms with E-state index in [-0.39, 0.29) is 48.9 Å². The molecular formula is C43H53IrN2O2S-. The second kappa shape index (κ2) is 18.2. The normalized spacial score (nSPS) is 12.0. The van der Waals surface area contributed by atoms with Crippen molar-refractivity contribution in [3.63, 3.8) is 0 Å². The Balaban J connectivity index is 0.000000347. The quantitative estimate of drug-likeness (QED) is 0.0817. The predicted molar refractivity (Wildman–Crippen MR) is 206 cm³/mol. The number of nitrogens with zero attached hydrogens (tertiary/aromatic N) is 2. The van der Waals surface area contributed by atoms with Gasteiger partial charge in [0.15, 0.2) is 5.78 Å². The van der Waals surface area contributed by atoms with Gasteiger partial charge in [0.2, 0.25) is 0 Å². The van der Waals surface area contributed by atoms with Gasteiger partial charge in [-0.15, -0.1) is 40.5 Å². The number of thiophene rings is 1. The number of pyridine rings is 2. The minimum absolute atomic E-state index is 0. The average Bonchev–Trinajstić information content (AvgIpc) is 3.47. The zero-order chi connectivity index (χ0) is 35.0. The molecule has 5 rings (SSSR count). The van der Waals surface area contributed by atoms with Gasteiger partial charge in [0.1, 0.15) is 0 Å². The first-order valence-electron chi connectivity index (χ1n) is 17.6. The molecule has 0 aliphatic carbocycles. The molecule has 0 bridgehead atoms. The summed E-state index contributed by atoms with van der Waals surface area (Å²) in [7, 11) is 0. The van der Waals surface area contributed by atoms with E-state index in [9.17, 15) is 9.90 Å². The largest absolute Gasteiger partial charge is 0.512 e. The molecule has 1 radical (unpaired) electrons. The molecular weight excluding hydrogens is 801 g/mol. The Morgan fingerprint density at radius 3 is 2.24 bits per heavy atom. The van der Waals surface area contributed by atoms with Crippen molar-refractivity contribution in [1.82, 2.24) is 9.97 Å².